The molecule has 0 unspecified atom stereocenters. The van der Waals surface area contributed by atoms with Gasteiger partial charge < -0.3 is 15.0 Å². The van der Waals surface area contributed by atoms with E-state index in [2.05, 4.69) is 15.4 Å². The molecule has 1 saturated carbocycles. The van der Waals surface area contributed by atoms with Gasteiger partial charge in [-0.05, 0) is 56.0 Å². The Hall–Kier alpha value is -3.35. The summed E-state index contributed by atoms with van der Waals surface area (Å²) in [5.74, 6) is 0.741. The van der Waals surface area contributed by atoms with Crippen LogP contribution in [0.4, 0.5) is 0 Å². The number of methoxy groups -OCH3 is 1. The fourth-order valence-corrected chi connectivity index (χ4v) is 4.64. The van der Waals surface area contributed by atoms with Crippen molar-refractivity contribution in [3.05, 3.63) is 53.5 Å². The molecule has 160 valence electrons. The highest BCUT2D eigenvalue weighted by atomic mass is 16.5. The summed E-state index contributed by atoms with van der Waals surface area (Å²) in [5, 5.41) is 9.62. The van der Waals surface area contributed by atoms with Crippen LogP contribution < -0.4 is 10.1 Å². The first-order chi connectivity index (χ1) is 15.1. The lowest BCUT2D eigenvalue weighted by molar-refractivity contribution is 0.0955. The first-order valence-corrected chi connectivity index (χ1v) is 10.9. The van der Waals surface area contributed by atoms with Crippen LogP contribution in [0.15, 0.2) is 36.7 Å². The highest BCUT2D eigenvalue weighted by Crippen LogP contribution is 2.32. The maximum absolute atomic E-state index is 13.0. The highest BCUT2D eigenvalue weighted by molar-refractivity contribution is 6.05. The number of pyridine rings is 1. The number of aromatic nitrogens is 4. The molecule has 2 N–H and O–H groups in total. The molecule has 1 amide bonds. The SMILES string of the molecule is COc1ccc2[nH]cc(CCNC(=O)c3cc(C)nc4c3cnn4C3CCCC3)c2c1. The molecule has 1 aliphatic rings. The van der Waals surface area contributed by atoms with E-state index >= 15 is 0 Å². The molecule has 1 aliphatic carbocycles. The summed E-state index contributed by atoms with van der Waals surface area (Å²) >= 11 is 0. The van der Waals surface area contributed by atoms with E-state index in [1.165, 1.54) is 12.8 Å². The number of amides is 1. The molecule has 3 aromatic heterocycles. The Morgan fingerprint density at radius 1 is 1.26 bits per heavy atom. The Labute approximate surface area is 180 Å². The first kappa shape index (κ1) is 19.6. The predicted molar refractivity (Wildman–Crippen MR) is 121 cm³/mol. The van der Waals surface area contributed by atoms with E-state index in [0.29, 0.717) is 18.2 Å². The normalized spacial score (nSPS) is 14.5. The number of ether oxygens (including phenoxy) is 1. The van der Waals surface area contributed by atoms with Crippen molar-refractivity contribution in [3.8, 4) is 5.75 Å². The van der Waals surface area contributed by atoms with Crippen molar-refractivity contribution >= 4 is 27.8 Å². The number of hydrogen-bond donors (Lipinski definition) is 2. The average Bonchev–Trinajstić information content (AvgIpc) is 3.52. The van der Waals surface area contributed by atoms with Gasteiger partial charge in [-0.15, -0.1) is 0 Å². The largest absolute Gasteiger partial charge is 0.497 e. The number of hydrogen-bond acceptors (Lipinski definition) is 4. The van der Waals surface area contributed by atoms with Crippen LogP contribution in [0.5, 0.6) is 5.75 Å². The Morgan fingerprint density at radius 2 is 2.10 bits per heavy atom. The molecule has 0 radical (unpaired) electrons. The van der Waals surface area contributed by atoms with Gasteiger partial charge in [0, 0.05) is 29.3 Å². The summed E-state index contributed by atoms with van der Waals surface area (Å²) < 4.78 is 7.36. The Balaban J connectivity index is 1.34. The minimum atomic E-state index is -0.0844. The maximum Gasteiger partial charge on any atom is 0.252 e. The Bertz CT molecular complexity index is 1250. The van der Waals surface area contributed by atoms with Gasteiger partial charge in [0.25, 0.3) is 5.91 Å². The zero-order valence-electron chi connectivity index (χ0n) is 17.9. The van der Waals surface area contributed by atoms with Crippen molar-refractivity contribution < 1.29 is 9.53 Å². The van der Waals surface area contributed by atoms with Crippen LogP contribution in [0, 0.1) is 6.92 Å². The number of H-pyrrole nitrogens is 1. The number of carbonyl (C=O) groups is 1. The summed E-state index contributed by atoms with van der Waals surface area (Å²) in [6.07, 6.45) is 9.23. The molecule has 0 saturated heterocycles. The van der Waals surface area contributed by atoms with Crippen molar-refractivity contribution in [1.29, 1.82) is 0 Å². The lowest BCUT2D eigenvalue weighted by Crippen LogP contribution is -2.26. The van der Waals surface area contributed by atoms with Crippen molar-refractivity contribution in [2.24, 2.45) is 0 Å². The van der Waals surface area contributed by atoms with Crippen LogP contribution in [0.1, 0.15) is 53.3 Å². The number of benzene rings is 1. The van der Waals surface area contributed by atoms with Crippen LogP contribution in [0.25, 0.3) is 21.9 Å². The number of nitrogens with one attached hydrogen (secondary N) is 2. The molecular weight excluding hydrogens is 390 g/mol. The quantitative estimate of drug-likeness (QED) is 0.489. The standard InChI is InChI=1S/C24H27N5O2/c1-15-11-20(21-14-27-29(23(21)28-15)17-5-3-4-6-17)24(30)25-10-9-16-13-26-22-8-7-18(31-2)12-19(16)22/h7-8,11-14,17,26H,3-6,9-10H2,1-2H3,(H,25,30). The molecule has 0 spiro atoms. The topological polar surface area (TPSA) is 84.8 Å². The van der Waals surface area contributed by atoms with Gasteiger partial charge in [0.05, 0.1) is 30.3 Å². The summed E-state index contributed by atoms with van der Waals surface area (Å²) in [7, 11) is 1.67. The third kappa shape index (κ3) is 3.65. The minimum absolute atomic E-state index is 0.0844. The number of nitrogens with zero attached hydrogens (tertiary/aromatic N) is 3. The van der Waals surface area contributed by atoms with Gasteiger partial charge in [-0.1, -0.05) is 12.8 Å². The molecule has 4 aromatic rings. The van der Waals surface area contributed by atoms with Crippen molar-refractivity contribution in [1.82, 2.24) is 25.1 Å². The van der Waals surface area contributed by atoms with Gasteiger partial charge in [-0.3, -0.25) is 4.79 Å². The zero-order chi connectivity index (χ0) is 21.4. The highest BCUT2D eigenvalue weighted by Gasteiger charge is 2.22. The number of aromatic amines is 1. The fraction of sp³-hybridized carbons (Fsp3) is 0.375. The number of aryl methyl sites for hydroxylation is 1. The molecule has 0 aliphatic heterocycles. The van der Waals surface area contributed by atoms with Gasteiger partial charge in [0.15, 0.2) is 5.65 Å². The molecule has 31 heavy (non-hydrogen) atoms. The maximum atomic E-state index is 13.0. The van der Waals surface area contributed by atoms with Crippen molar-refractivity contribution in [3.63, 3.8) is 0 Å². The van der Waals surface area contributed by atoms with Gasteiger partial charge >= 0.3 is 0 Å². The lowest BCUT2D eigenvalue weighted by atomic mass is 10.1. The van der Waals surface area contributed by atoms with Gasteiger partial charge in [0.1, 0.15) is 5.75 Å². The predicted octanol–water partition coefficient (Wildman–Crippen LogP) is 4.32. The molecule has 5 rings (SSSR count). The van der Waals surface area contributed by atoms with Crippen LogP contribution in [0.3, 0.4) is 0 Å². The van der Waals surface area contributed by atoms with Gasteiger partial charge in [-0.25, -0.2) is 9.67 Å². The zero-order valence-corrected chi connectivity index (χ0v) is 17.9. The summed E-state index contributed by atoms with van der Waals surface area (Å²) in [6, 6.07) is 8.22. The smallest absolute Gasteiger partial charge is 0.252 e. The van der Waals surface area contributed by atoms with E-state index in [0.717, 1.165) is 58.2 Å². The second-order valence-corrected chi connectivity index (χ2v) is 8.31. The second kappa shape index (κ2) is 8.06. The van der Waals surface area contributed by atoms with E-state index in [1.54, 1.807) is 13.3 Å². The second-order valence-electron chi connectivity index (χ2n) is 8.31. The molecule has 7 heteroatoms. The Kier molecular flexibility index (Phi) is 5.10. The number of rotatable bonds is 6. The third-order valence-corrected chi connectivity index (χ3v) is 6.26. The molecule has 3 heterocycles. The van der Waals surface area contributed by atoms with Crippen LogP contribution in [-0.4, -0.2) is 39.3 Å². The van der Waals surface area contributed by atoms with Crippen molar-refractivity contribution in [2.45, 2.75) is 45.1 Å². The fourth-order valence-electron chi connectivity index (χ4n) is 4.64. The van der Waals surface area contributed by atoms with E-state index in [4.69, 9.17) is 9.72 Å². The molecular formula is C24H27N5O2. The minimum Gasteiger partial charge on any atom is -0.497 e. The Morgan fingerprint density at radius 3 is 2.90 bits per heavy atom. The molecule has 1 fully saturated rings. The van der Waals surface area contributed by atoms with E-state index in [9.17, 15) is 4.79 Å². The molecule has 0 atom stereocenters. The van der Waals surface area contributed by atoms with Crippen LogP contribution in [-0.2, 0) is 6.42 Å². The monoisotopic (exact) mass is 417 g/mol. The number of fused-ring (bicyclic) bond motifs is 2. The van der Waals surface area contributed by atoms with Crippen LogP contribution in [0.2, 0.25) is 0 Å². The summed E-state index contributed by atoms with van der Waals surface area (Å²) in [4.78, 5) is 21.0. The number of carbonyl (C=O) groups excluding carboxylic acids is 1. The van der Waals surface area contributed by atoms with Crippen molar-refractivity contribution in [2.75, 3.05) is 13.7 Å². The first-order valence-electron chi connectivity index (χ1n) is 10.9. The van der Waals surface area contributed by atoms with Gasteiger partial charge in [0.2, 0.25) is 0 Å². The average molecular weight is 418 g/mol. The summed E-state index contributed by atoms with van der Waals surface area (Å²) in [6.45, 7) is 2.48. The van der Waals surface area contributed by atoms with E-state index in [-0.39, 0.29) is 5.91 Å². The van der Waals surface area contributed by atoms with E-state index in [1.807, 2.05) is 42.1 Å². The molecule has 0 bridgehead atoms. The third-order valence-electron chi connectivity index (χ3n) is 6.26. The lowest BCUT2D eigenvalue weighted by Gasteiger charge is -2.12. The van der Waals surface area contributed by atoms with E-state index < -0.39 is 0 Å². The van der Waals surface area contributed by atoms with Crippen LogP contribution >= 0.6 is 0 Å². The summed E-state index contributed by atoms with van der Waals surface area (Å²) in [5.41, 5.74) is 4.52. The molecule has 1 aromatic carbocycles. The molecule has 7 nitrogen and oxygen atoms in total. The van der Waals surface area contributed by atoms with Gasteiger partial charge in [-0.2, -0.15) is 5.10 Å².